The van der Waals surface area contributed by atoms with Crippen molar-refractivity contribution in [3.63, 3.8) is 0 Å². The molecule has 0 aliphatic carbocycles. The molecular formula is C19H18F3NO. The Morgan fingerprint density at radius 2 is 1.83 bits per heavy atom. The van der Waals surface area contributed by atoms with Crippen molar-refractivity contribution in [2.75, 3.05) is 11.9 Å². The largest absolute Gasteiger partial charge is 0.416 e. The van der Waals surface area contributed by atoms with Gasteiger partial charge in [-0.2, -0.15) is 13.2 Å². The molecule has 5 heteroatoms. The van der Waals surface area contributed by atoms with Crippen LogP contribution in [0.15, 0.2) is 48.5 Å². The van der Waals surface area contributed by atoms with E-state index in [1.165, 1.54) is 12.1 Å². The lowest BCUT2D eigenvalue weighted by Crippen LogP contribution is -2.36. The quantitative estimate of drug-likeness (QED) is 0.760. The predicted octanol–water partition coefficient (Wildman–Crippen LogP) is 5.34. The lowest BCUT2D eigenvalue weighted by atomic mass is 9.77. The van der Waals surface area contributed by atoms with Crippen LogP contribution in [0.4, 0.5) is 18.9 Å². The third kappa shape index (κ3) is 2.67. The summed E-state index contributed by atoms with van der Waals surface area (Å²) in [7, 11) is 0. The maximum Gasteiger partial charge on any atom is 0.416 e. The molecule has 2 aromatic carbocycles. The summed E-state index contributed by atoms with van der Waals surface area (Å²) >= 11 is 0. The van der Waals surface area contributed by atoms with Gasteiger partial charge in [-0.25, -0.2) is 0 Å². The summed E-state index contributed by atoms with van der Waals surface area (Å²) in [6, 6.07) is 14.0. The van der Waals surface area contributed by atoms with Gasteiger partial charge in [0, 0.05) is 23.8 Å². The van der Waals surface area contributed by atoms with E-state index < -0.39 is 11.7 Å². The number of fused-ring (bicyclic) bond motifs is 3. The van der Waals surface area contributed by atoms with Crippen LogP contribution in [0.1, 0.15) is 41.7 Å². The summed E-state index contributed by atoms with van der Waals surface area (Å²) < 4.78 is 45.1. The summed E-state index contributed by atoms with van der Waals surface area (Å²) in [6.45, 7) is 0.596. The maximum atomic E-state index is 13.1. The molecule has 0 unspecified atom stereocenters. The highest BCUT2D eigenvalue weighted by Crippen LogP contribution is 2.50. The molecule has 0 amide bonds. The van der Waals surface area contributed by atoms with Gasteiger partial charge in [0.05, 0.1) is 17.7 Å². The van der Waals surface area contributed by atoms with E-state index in [2.05, 4.69) is 17.4 Å². The second kappa shape index (κ2) is 5.81. The first-order valence-corrected chi connectivity index (χ1v) is 8.18. The fourth-order valence-corrected chi connectivity index (χ4v) is 3.84. The molecule has 0 spiro atoms. The van der Waals surface area contributed by atoms with Crippen molar-refractivity contribution in [2.24, 2.45) is 5.92 Å². The van der Waals surface area contributed by atoms with Crippen LogP contribution in [0, 0.1) is 5.92 Å². The number of anilines is 1. The van der Waals surface area contributed by atoms with Gasteiger partial charge in [-0.05, 0) is 36.6 Å². The van der Waals surface area contributed by atoms with Crippen LogP contribution < -0.4 is 5.32 Å². The Morgan fingerprint density at radius 3 is 2.58 bits per heavy atom. The molecule has 2 heterocycles. The van der Waals surface area contributed by atoms with Crippen molar-refractivity contribution < 1.29 is 17.9 Å². The molecule has 0 saturated carbocycles. The Balaban J connectivity index is 1.77. The Kier molecular flexibility index (Phi) is 3.76. The number of rotatable bonds is 1. The third-order valence-corrected chi connectivity index (χ3v) is 4.95. The van der Waals surface area contributed by atoms with Crippen LogP contribution in [0.2, 0.25) is 0 Å². The van der Waals surface area contributed by atoms with Gasteiger partial charge in [0.1, 0.15) is 0 Å². The van der Waals surface area contributed by atoms with Gasteiger partial charge in [-0.3, -0.25) is 0 Å². The van der Waals surface area contributed by atoms with E-state index in [0.29, 0.717) is 12.2 Å². The van der Waals surface area contributed by atoms with Crippen LogP contribution in [-0.2, 0) is 10.9 Å². The molecule has 3 atom stereocenters. The average Bonchev–Trinajstić information content (AvgIpc) is 2.60. The van der Waals surface area contributed by atoms with Crippen LogP contribution in [0.25, 0.3) is 0 Å². The first kappa shape index (κ1) is 15.5. The van der Waals surface area contributed by atoms with Crippen molar-refractivity contribution >= 4 is 5.69 Å². The molecule has 2 nitrogen and oxygen atoms in total. The lowest BCUT2D eigenvalue weighted by molar-refractivity contribution is -0.137. The van der Waals surface area contributed by atoms with Crippen molar-refractivity contribution in [1.29, 1.82) is 0 Å². The first-order valence-electron chi connectivity index (χ1n) is 8.18. The summed E-state index contributed by atoms with van der Waals surface area (Å²) in [5, 5.41) is 3.44. The highest BCUT2D eigenvalue weighted by atomic mass is 19.4. The topological polar surface area (TPSA) is 21.3 Å². The summed E-state index contributed by atoms with van der Waals surface area (Å²) in [6.07, 6.45) is -2.76. The SMILES string of the molecule is FC(F)(F)c1ccc2c(c1)[C@@H]1OCCC[C@@H]1[C@@H](c1ccccc1)N2. The van der Waals surface area contributed by atoms with Gasteiger partial charge < -0.3 is 10.1 Å². The second-order valence-corrected chi connectivity index (χ2v) is 6.43. The molecule has 1 N–H and O–H groups in total. The molecule has 1 saturated heterocycles. The molecule has 4 rings (SSSR count). The zero-order chi connectivity index (χ0) is 16.7. The minimum absolute atomic E-state index is 0.0562. The van der Waals surface area contributed by atoms with Gasteiger partial charge in [0.15, 0.2) is 0 Å². The summed E-state index contributed by atoms with van der Waals surface area (Å²) in [4.78, 5) is 0. The Morgan fingerprint density at radius 1 is 1.04 bits per heavy atom. The summed E-state index contributed by atoms with van der Waals surface area (Å²) in [5.74, 6) is 0.136. The molecule has 24 heavy (non-hydrogen) atoms. The lowest BCUT2D eigenvalue weighted by Gasteiger charge is -2.43. The van der Waals surface area contributed by atoms with E-state index in [1.54, 1.807) is 0 Å². The van der Waals surface area contributed by atoms with Crippen LogP contribution in [-0.4, -0.2) is 6.61 Å². The molecular weight excluding hydrogens is 315 g/mol. The molecule has 126 valence electrons. The van der Waals surface area contributed by atoms with Crippen molar-refractivity contribution in [1.82, 2.24) is 0 Å². The molecule has 2 aliphatic heterocycles. The van der Waals surface area contributed by atoms with E-state index >= 15 is 0 Å². The van der Waals surface area contributed by atoms with Gasteiger partial charge >= 0.3 is 6.18 Å². The van der Waals surface area contributed by atoms with Crippen molar-refractivity contribution in [3.05, 3.63) is 65.2 Å². The monoisotopic (exact) mass is 333 g/mol. The Bertz CT molecular complexity index is 729. The zero-order valence-electron chi connectivity index (χ0n) is 13.0. The van der Waals surface area contributed by atoms with Gasteiger partial charge in [-0.1, -0.05) is 30.3 Å². The fraction of sp³-hybridized carbons (Fsp3) is 0.368. The van der Waals surface area contributed by atoms with Gasteiger partial charge in [0.2, 0.25) is 0 Å². The number of hydrogen-bond acceptors (Lipinski definition) is 2. The minimum Gasteiger partial charge on any atom is -0.378 e. The zero-order valence-corrected chi connectivity index (χ0v) is 13.0. The van der Waals surface area contributed by atoms with Crippen molar-refractivity contribution in [3.8, 4) is 0 Å². The fourth-order valence-electron chi connectivity index (χ4n) is 3.84. The van der Waals surface area contributed by atoms with Gasteiger partial charge in [0.25, 0.3) is 0 Å². The number of benzene rings is 2. The predicted molar refractivity (Wildman–Crippen MR) is 85.7 cm³/mol. The van der Waals surface area contributed by atoms with Crippen LogP contribution in [0.3, 0.4) is 0 Å². The smallest absolute Gasteiger partial charge is 0.378 e. The number of alkyl halides is 3. The van der Waals surface area contributed by atoms with E-state index in [0.717, 1.165) is 30.2 Å². The van der Waals surface area contributed by atoms with E-state index in [4.69, 9.17) is 4.74 Å². The molecule has 1 fully saturated rings. The highest BCUT2D eigenvalue weighted by molar-refractivity contribution is 5.58. The minimum atomic E-state index is -4.34. The number of ether oxygens (including phenoxy) is 1. The Hall–Kier alpha value is -2.01. The average molecular weight is 333 g/mol. The number of nitrogens with one attached hydrogen (secondary N) is 1. The van der Waals surface area contributed by atoms with Gasteiger partial charge in [-0.15, -0.1) is 0 Å². The standard InChI is InChI=1S/C19H18F3NO/c20-19(21,22)13-8-9-16-15(11-13)18-14(7-4-10-24-18)17(23-16)12-5-2-1-3-6-12/h1-3,5-6,8-9,11,14,17-18,23H,4,7,10H2/t14-,17-,18-/m1/s1. The van der Waals surface area contributed by atoms with Crippen LogP contribution >= 0.6 is 0 Å². The van der Waals surface area contributed by atoms with E-state index in [-0.39, 0.29) is 18.1 Å². The van der Waals surface area contributed by atoms with E-state index in [9.17, 15) is 13.2 Å². The normalized spacial score (nSPS) is 26.2. The molecule has 0 bridgehead atoms. The number of hydrogen-bond donors (Lipinski definition) is 1. The molecule has 0 radical (unpaired) electrons. The molecule has 2 aliphatic rings. The molecule has 0 aromatic heterocycles. The van der Waals surface area contributed by atoms with E-state index in [1.807, 2.05) is 18.2 Å². The van der Waals surface area contributed by atoms with Crippen molar-refractivity contribution in [2.45, 2.75) is 31.2 Å². The second-order valence-electron chi connectivity index (χ2n) is 6.43. The highest BCUT2D eigenvalue weighted by Gasteiger charge is 2.41. The molecule has 2 aromatic rings. The number of halogens is 3. The Labute approximate surface area is 138 Å². The third-order valence-electron chi connectivity index (χ3n) is 4.95. The summed E-state index contributed by atoms with van der Waals surface area (Å²) in [5.41, 5.74) is 1.89. The first-order chi connectivity index (χ1) is 11.5. The maximum absolute atomic E-state index is 13.1. The van der Waals surface area contributed by atoms with Crippen LogP contribution in [0.5, 0.6) is 0 Å².